The highest BCUT2D eigenvalue weighted by atomic mass is 35.5. The highest BCUT2D eigenvalue weighted by Gasteiger charge is 2.21. The summed E-state index contributed by atoms with van der Waals surface area (Å²) in [4.78, 5) is 30.6. The van der Waals surface area contributed by atoms with E-state index in [4.69, 9.17) is 11.6 Å². The van der Waals surface area contributed by atoms with Crippen LogP contribution in [0.3, 0.4) is 0 Å². The summed E-state index contributed by atoms with van der Waals surface area (Å²) >= 11 is 7.38. The first-order valence-corrected chi connectivity index (χ1v) is 11.2. The van der Waals surface area contributed by atoms with Crippen molar-refractivity contribution in [2.45, 2.75) is 50.7 Å². The van der Waals surface area contributed by atoms with Gasteiger partial charge in [0.05, 0.1) is 22.2 Å². The highest BCUT2D eigenvalue weighted by Crippen LogP contribution is 2.25. The molecule has 0 saturated carbocycles. The van der Waals surface area contributed by atoms with Gasteiger partial charge in [-0.05, 0) is 43.5 Å². The van der Waals surface area contributed by atoms with Crippen LogP contribution < -0.4 is 10.9 Å². The Bertz CT molecular complexity index is 1100. The van der Waals surface area contributed by atoms with Gasteiger partial charge in [0.2, 0.25) is 5.91 Å². The standard InChI is InChI=1S/C23H26ClN3O2S/c1-14(2)13-27-22(29)19-12-18(24)10-11-20(19)26-23(27)30-16(4)21(28)25-15(3)17-8-6-5-7-9-17/h5-12,14-16H,13H2,1-4H3,(H,25,28)/t15-,16-/m0/s1. The number of rotatable bonds is 7. The van der Waals surface area contributed by atoms with Gasteiger partial charge in [-0.1, -0.05) is 67.5 Å². The van der Waals surface area contributed by atoms with Gasteiger partial charge in [-0.15, -0.1) is 0 Å². The van der Waals surface area contributed by atoms with Crippen LogP contribution in [0, 0.1) is 5.92 Å². The van der Waals surface area contributed by atoms with Crippen molar-refractivity contribution in [1.82, 2.24) is 14.9 Å². The fourth-order valence-corrected chi connectivity index (χ4v) is 4.26. The molecule has 0 aliphatic rings. The molecule has 0 radical (unpaired) electrons. The second kappa shape index (κ2) is 9.67. The van der Waals surface area contributed by atoms with Gasteiger partial charge in [-0.2, -0.15) is 0 Å². The Hall–Kier alpha value is -2.31. The van der Waals surface area contributed by atoms with Crippen molar-refractivity contribution in [2.75, 3.05) is 0 Å². The number of hydrogen-bond donors (Lipinski definition) is 1. The highest BCUT2D eigenvalue weighted by molar-refractivity contribution is 8.00. The molecule has 1 N–H and O–H groups in total. The number of amides is 1. The van der Waals surface area contributed by atoms with E-state index >= 15 is 0 Å². The zero-order valence-electron chi connectivity index (χ0n) is 17.6. The summed E-state index contributed by atoms with van der Waals surface area (Å²) in [5, 5.41) is 4.16. The molecule has 0 aliphatic heterocycles. The third-order valence-corrected chi connectivity index (χ3v) is 6.06. The van der Waals surface area contributed by atoms with Crippen LogP contribution in [-0.2, 0) is 11.3 Å². The molecule has 0 bridgehead atoms. The van der Waals surface area contributed by atoms with Crippen LogP contribution >= 0.6 is 23.4 Å². The van der Waals surface area contributed by atoms with Crippen LogP contribution in [0.25, 0.3) is 10.9 Å². The molecule has 1 aromatic heterocycles. The van der Waals surface area contributed by atoms with E-state index in [9.17, 15) is 9.59 Å². The van der Waals surface area contributed by atoms with Gasteiger partial charge in [-0.25, -0.2) is 4.98 Å². The average Bonchev–Trinajstić information content (AvgIpc) is 2.71. The Labute approximate surface area is 185 Å². The Morgan fingerprint density at radius 3 is 2.50 bits per heavy atom. The first-order valence-electron chi connectivity index (χ1n) is 9.98. The number of nitrogens with zero attached hydrogens (tertiary/aromatic N) is 2. The van der Waals surface area contributed by atoms with E-state index in [1.807, 2.05) is 58.0 Å². The van der Waals surface area contributed by atoms with Crippen LogP contribution in [0.15, 0.2) is 58.5 Å². The summed E-state index contributed by atoms with van der Waals surface area (Å²) in [7, 11) is 0. The second-order valence-corrected chi connectivity index (χ2v) is 9.51. The first kappa shape index (κ1) is 22.4. The Morgan fingerprint density at radius 2 is 1.83 bits per heavy atom. The minimum absolute atomic E-state index is 0.0992. The summed E-state index contributed by atoms with van der Waals surface area (Å²) in [5.41, 5.74) is 1.49. The van der Waals surface area contributed by atoms with Crippen LogP contribution in [0.5, 0.6) is 0 Å². The average molecular weight is 444 g/mol. The largest absolute Gasteiger partial charge is 0.349 e. The zero-order chi connectivity index (χ0) is 21.8. The molecule has 0 fully saturated rings. The molecule has 3 aromatic rings. The zero-order valence-corrected chi connectivity index (χ0v) is 19.1. The molecule has 5 nitrogen and oxygen atoms in total. The number of aromatic nitrogens is 2. The van der Waals surface area contributed by atoms with Gasteiger partial charge in [0.1, 0.15) is 0 Å². The molecule has 7 heteroatoms. The molecule has 2 aromatic carbocycles. The summed E-state index contributed by atoms with van der Waals surface area (Å²) in [6.45, 7) is 8.39. The van der Waals surface area contributed by atoms with Gasteiger partial charge in [0.25, 0.3) is 5.56 Å². The van der Waals surface area contributed by atoms with Crippen molar-refractivity contribution >= 4 is 40.2 Å². The maximum absolute atomic E-state index is 13.1. The molecule has 2 atom stereocenters. The Balaban J connectivity index is 1.87. The van der Waals surface area contributed by atoms with Crippen molar-refractivity contribution in [1.29, 1.82) is 0 Å². The lowest BCUT2D eigenvalue weighted by molar-refractivity contribution is -0.120. The minimum atomic E-state index is -0.411. The molecule has 0 saturated heterocycles. The van der Waals surface area contributed by atoms with E-state index < -0.39 is 5.25 Å². The summed E-state index contributed by atoms with van der Waals surface area (Å²) < 4.78 is 1.65. The van der Waals surface area contributed by atoms with Crippen molar-refractivity contribution in [3.05, 3.63) is 69.5 Å². The third-order valence-electron chi connectivity index (χ3n) is 4.74. The molecule has 0 unspecified atom stereocenters. The number of benzene rings is 2. The topological polar surface area (TPSA) is 64.0 Å². The van der Waals surface area contributed by atoms with E-state index in [0.29, 0.717) is 27.6 Å². The van der Waals surface area contributed by atoms with E-state index in [0.717, 1.165) is 5.56 Å². The smallest absolute Gasteiger partial charge is 0.262 e. The fraction of sp³-hybridized carbons (Fsp3) is 0.348. The van der Waals surface area contributed by atoms with E-state index in [2.05, 4.69) is 10.3 Å². The number of thioether (sulfide) groups is 1. The predicted octanol–water partition coefficient (Wildman–Crippen LogP) is 5.06. The number of nitrogens with one attached hydrogen (secondary N) is 1. The predicted molar refractivity (Wildman–Crippen MR) is 124 cm³/mol. The second-order valence-electron chi connectivity index (χ2n) is 7.77. The van der Waals surface area contributed by atoms with E-state index in [-0.39, 0.29) is 23.4 Å². The lowest BCUT2D eigenvalue weighted by Crippen LogP contribution is -2.34. The normalized spacial score (nSPS) is 13.4. The fourth-order valence-electron chi connectivity index (χ4n) is 3.16. The minimum Gasteiger partial charge on any atom is -0.349 e. The summed E-state index contributed by atoms with van der Waals surface area (Å²) in [5.74, 6) is 0.153. The van der Waals surface area contributed by atoms with Gasteiger partial charge in [-0.3, -0.25) is 14.2 Å². The van der Waals surface area contributed by atoms with Crippen LogP contribution in [0.2, 0.25) is 5.02 Å². The maximum atomic E-state index is 13.1. The van der Waals surface area contributed by atoms with Crippen LogP contribution in [0.1, 0.15) is 39.3 Å². The summed E-state index contributed by atoms with van der Waals surface area (Å²) in [6.07, 6.45) is 0. The van der Waals surface area contributed by atoms with Crippen molar-refractivity contribution < 1.29 is 4.79 Å². The molecular formula is C23H26ClN3O2S. The van der Waals surface area contributed by atoms with Crippen molar-refractivity contribution in [3.63, 3.8) is 0 Å². The van der Waals surface area contributed by atoms with Gasteiger partial charge in [0, 0.05) is 11.6 Å². The first-order chi connectivity index (χ1) is 14.3. The molecule has 3 rings (SSSR count). The molecule has 0 aliphatic carbocycles. The van der Waals surface area contributed by atoms with Gasteiger partial charge < -0.3 is 5.32 Å². The number of carbonyl (C=O) groups is 1. The maximum Gasteiger partial charge on any atom is 0.262 e. The lowest BCUT2D eigenvalue weighted by Gasteiger charge is -2.20. The van der Waals surface area contributed by atoms with Crippen LogP contribution in [-0.4, -0.2) is 20.7 Å². The van der Waals surface area contributed by atoms with Gasteiger partial charge in [0.15, 0.2) is 5.16 Å². The SMILES string of the molecule is CC(C)Cn1c(S[C@@H](C)C(=O)N[C@@H](C)c2ccccc2)nc2ccc(Cl)cc2c1=O. The number of halogens is 1. The third kappa shape index (κ3) is 5.24. The molecule has 158 valence electrons. The number of fused-ring (bicyclic) bond motifs is 1. The van der Waals surface area contributed by atoms with Crippen LogP contribution in [0.4, 0.5) is 0 Å². The Morgan fingerprint density at radius 1 is 1.13 bits per heavy atom. The molecule has 0 spiro atoms. The quantitative estimate of drug-likeness (QED) is 0.409. The number of hydrogen-bond acceptors (Lipinski definition) is 4. The monoisotopic (exact) mass is 443 g/mol. The van der Waals surface area contributed by atoms with E-state index in [1.165, 1.54) is 11.8 Å². The van der Waals surface area contributed by atoms with Crippen molar-refractivity contribution in [2.24, 2.45) is 5.92 Å². The molecule has 30 heavy (non-hydrogen) atoms. The molecule has 1 heterocycles. The lowest BCUT2D eigenvalue weighted by atomic mass is 10.1. The number of carbonyl (C=O) groups excluding carboxylic acids is 1. The molecule has 1 amide bonds. The Kier molecular flexibility index (Phi) is 7.21. The van der Waals surface area contributed by atoms with Gasteiger partial charge >= 0.3 is 0 Å². The molecular weight excluding hydrogens is 418 g/mol. The van der Waals surface area contributed by atoms with Crippen molar-refractivity contribution in [3.8, 4) is 0 Å². The van der Waals surface area contributed by atoms with E-state index in [1.54, 1.807) is 22.8 Å². The summed E-state index contributed by atoms with van der Waals surface area (Å²) in [6, 6.07) is 14.8.